The van der Waals surface area contributed by atoms with Gasteiger partial charge in [-0.1, -0.05) is 30.3 Å². The highest BCUT2D eigenvalue weighted by molar-refractivity contribution is 7.98. The molecule has 3 rings (SSSR count). The molecule has 0 aliphatic carbocycles. The number of nitrogens with zero attached hydrogens (tertiary/aromatic N) is 1. The lowest BCUT2D eigenvalue weighted by Crippen LogP contribution is -2.44. The van der Waals surface area contributed by atoms with E-state index in [1.165, 1.54) is 11.3 Å². The van der Waals surface area contributed by atoms with Gasteiger partial charge in [-0.25, -0.2) is 4.98 Å². The summed E-state index contributed by atoms with van der Waals surface area (Å²) in [5, 5.41) is 10.5. The van der Waals surface area contributed by atoms with E-state index in [1.807, 2.05) is 42.0 Å². The number of hydrogen-bond donors (Lipinski definition) is 3. The number of carbonyl (C=O) groups excluding carboxylic acids is 3. The van der Waals surface area contributed by atoms with E-state index < -0.39 is 6.04 Å². The fraction of sp³-hybridized carbons (Fsp3) is 0.217. The normalized spacial score (nSPS) is 11.4. The summed E-state index contributed by atoms with van der Waals surface area (Å²) in [6.07, 6.45) is 2.42. The molecule has 0 radical (unpaired) electrons. The van der Waals surface area contributed by atoms with Gasteiger partial charge < -0.3 is 16.0 Å². The van der Waals surface area contributed by atoms with Crippen LogP contribution in [0.2, 0.25) is 0 Å². The molecule has 3 amide bonds. The molecule has 1 heterocycles. The summed E-state index contributed by atoms with van der Waals surface area (Å²) < 4.78 is 0. The lowest BCUT2D eigenvalue weighted by atomic mass is 10.1. The Bertz CT molecular complexity index is 1070. The van der Waals surface area contributed by atoms with Gasteiger partial charge in [0.15, 0.2) is 5.13 Å². The number of anilines is 1. The van der Waals surface area contributed by atoms with Crippen LogP contribution in [0.15, 0.2) is 60.0 Å². The highest BCUT2D eigenvalue weighted by Crippen LogP contribution is 2.24. The second-order valence-corrected chi connectivity index (χ2v) is 8.70. The second kappa shape index (κ2) is 11.4. The minimum atomic E-state index is -0.711. The Balaban J connectivity index is 1.67. The van der Waals surface area contributed by atoms with Crippen molar-refractivity contribution in [2.45, 2.75) is 12.5 Å². The van der Waals surface area contributed by atoms with Crippen LogP contribution in [-0.4, -0.2) is 47.8 Å². The number of hydrogen-bond acceptors (Lipinski definition) is 6. The molecule has 2 aromatic carbocycles. The molecule has 0 aliphatic rings. The van der Waals surface area contributed by atoms with Crippen molar-refractivity contribution < 1.29 is 14.4 Å². The molecule has 9 heteroatoms. The first kappa shape index (κ1) is 23.5. The Morgan fingerprint density at radius 3 is 2.28 bits per heavy atom. The Morgan fingerprint density at radius 2 is 1.66 bits per heavy atom. The molecule has 0 fully saturated rings. The lowest BCUT2D eigenvalue weighted by molar-refractivity contribution is -0.118. The number of aromatic nitrogens is 1. The second-order valence-electron chi connectivity index (χ2n) is 6.86. The molecule has 0 spiro atoms. The third-order valence-electron chi connectivity index (χ3n) is 4.67. The van der Waals surface area contributed by atoms with Gasteiger partial charge in [-0.2, -0.15) is 11.8 Å². The quantitative estimate of drug-likeness (QED) is 0.445. The molecule has 0 saturated carbocycles. The van der Waals surface area contributed by atoms with Crippen LogP contribution < -0.4 is 16.0 Å². The van der Waals surface area contributed by atoms with Crippen molar-refractivity contribution in [1.29, 1.82) is 0 Å². The van der Waals surface area contributed by atoms with Crippen LogP contribution >= 0.6 is 23.1 Å². The van der Waals surface area contributed by atoms with Gasteiger partial charge in [0.25, 0.3) is 11.8 Å². The van der Waals surface area contributed by atoms with Crippen molar-refractivity contribution in [2.24, 2.45) is 0 Å². The van der Waals surface area contributed by atoms with Gasteiger partial charge in [0.1, 0.15) is 6.04 Å². The molecule has 0 aliphatic heterocycles. The molecule has 0 bridgehead atoms. The largest absolute Gasteiger partial charge is 0.355 e. The van der Waals surface area contributed by atoms with E-state index in [9.17, 15) is 14.4 Å². The molecule has 3 N–H and O–H groups in total. The topological polar surface area (TPSA) is 100 Å². The number of nitrogens with one attached hydrogen (secondary N) is 3. The van der Waals surface area contributed by atoms with E-state index >= 15 is 0 Å². The van der Waals surface area contributed by atoms with E-state index in [1.54, 1.807) is 43.1 Å². The van der Waals surface area contributed by atoms with Crippen LogP contribution in [-0.2, 0) is 4.79 Å². The van der Waals surface area contributed by atoms with Crippen molar-refractivity contribution >= 4 is 46.0 Å². The summed E-state index contributed by atoms with van der Waals surface area (Å²) in [6, 6.07) is 15.3. The molecule has 1 aromatic heterocycles. The molecule has 32 heavy (non-hydrogen) atoms. The standard InChI is InChI=1S/C23H24N4O3S2/c1-24-20(28)16-8-10-17(11-9-16)21(29)25-18(12-13-31-2)22(30)27-23-26-19(14-32-23)15-6-4-3-5-7-15/h3-11,14,18H,12-13H2,1-2H3,(H,24,28)(H,25,29)(H,26,27,30). The van der Waals surface area contributed by atoms with Crippen LogP contribution in [0.25, 0.3) is 11.3 Å². The van der Waals surface area contributed by atoms with Gasteiger partial charge in [0.05, 0.1) is 5.69 Å². The molecular formula is C23H24N4O3S2. The van der Waals surface area contributed by atoms with Crippen molar-refractivity contribution in [2.75, 3.05) is 24.4 Å². The minimum absolute atomic E-state index is 0.229. The maximum atomic E-state index is 12.9. The maximum absolute atomic E-state index is 12.9. The van der Waals surface area contributed by atoms with Gasteiger partial charge in [-0.3, -0.25) is 14.4 Å². The van der Waals surface area contributed by atoms with Crippen LogP contribution in [0.1, 0.15) is 27.1 Å². The Labute approximate surface area is 195 Å². The fourth-order valence-electron chi connectivity index (χ4n) is 2.93. The number of amides is 3. The molecular weight excluding hydrogens is 444 g/mol. The van der Waals surface area contributed by atoms with E-state index in [0.717, 1.165) is 11.3 Å². The van der Waals surface area contributed by atoms with Crippen molar-refractivity contribution in [3.8, 4) is 11.3 Å². The van der Waals surface area contributed by atoms with E-state index in [2.05, 4.69) is 20.9 Å². The van der Waals surface area contributed by atoms with Crippen molar-refractivity contribution in [3.63, 3.8) is 0 Å². The maximum Gasteiger partial charge on any atom is 0.251 e. The van der Waals surface area contributed by atoms with Crippen LogP contribution in [0.5, 0.6) is 0 Å². The zero-order chi connectivity index (χ0) is 22.9. The van der Waals surface area contributed by atoms with Gasteiger partial charge in [-0.05, 0) is 42.7 Å². The highest BCUT2D eigenvalue weighted by Gasteiger charge is 2.22. The van der Waals surface area contributed by atoms with Crippen molar-refractivity contribution in [3.05, 3.63) is 71.1 Å². The number of thioether (sulfide) groups is 1. The van der Waals surface area contributed by atoms with Gasteiger partial charge in [-0.15, -0.1) is 11.3 Å². The van der Waals surface area contributed by atoms with E-state index in [0.29, 0.717) is 28.4 Å². The zero-order valence-electron chi connectivity index (χ0n) is 17.8. The number of thiazole rings is 1. The van der Waals surface area contributed by atoms with Crippen molar-refractivity contribution in [1.82, 2.24) is 15.6 Å². The van der Waals surface area contributed by atoms with Gasteiger partial charge in [0, 0.05) is 29.1 Å². The molecule has 7 nitrogen and oxygen atoms in total. The molecule has 166 valence electrons. The first-order chi connectivity index (χ1) is 15.5. The van der Waals surface area contributed by atoms with Gasteiger partial charge >= 0.3 is 0 Å². The number of carbonyl (C=O) groups is 3. The van der Waals surface area contributed by atoms with Gasteiger partial charge in [0.2, 0.25) is 5.91 Å². The highest BCUT2D eigenvalue weighted by atomic mass is 32.2. The fourth-order valence-corrected chi connectivity index (χ4v) is 4.12. The number of benzene rings is 2. The lowest BCUT2D eigenvalue weighted by Gasteiger charge is -2.17. The Morgan fingerprint density at radius 1 is 1.00 bits per heavy atom. The van der Waals surface area contributed by atoms with Crippen LogP contribution in [0, 0.1) is 0 Å². The smallest absolute Gasteiger partial charge is 0.251 e. The monoisotopic (exact) mass is 468 g/mol. The average Bonchev–Trinajstić information content (AvgIpc) is 3.30. The van der Waals surface area contributed by atoms with Crippen LogP contribution in [0.4, 0.5) is 5.13 Å². The molecule has 3 aromatic rings. The number of rotatable bonds is 9. The summed E-state index contributed by atoms with van der Waals surface area (Å²) in [7, 11) is 1.54. The Kier molecular flexibility index (Phi) is 8.41. The summed E-state index contributed by atoms with van der Waals surface area (Å²) in [5.74, 6) is -0.212. The van der Waals surface area contributed by atoms with E-state index in [4.69, 9.17) is 0 Å². The Hall–Kier alpha value is -3.17. The SMILES string of the molecule is CNC(=O)c1ccc(C(=O)NC(CCSC)C(=O)Nc2nc(-c3ccccc3)cs2)cc1. The first-order valence-corrected chi connectivity index (χ1v) is 12.2. The van der Waals surface area contributed by atoms with Crippen LogP contribution in [0.3, 0.4) is 0 Å². The zero-order valence-corrected chi connectivity index (χ0v) is 19.4. The summed E-state index contributed by atoms with van der Waals surface area (Å²) >= 11 is 2.93. The minimum Gasteiger partial charge on any atom is -0.355 e. The predicted octanol–water partition coefficient (Wildman–Crippen LogP) is 3.66. The first-order valence-electron chi connectivity index (χ1n) is 9.95. The summed E-state index contributed by atoms with van der Waals surface area (Å²) in [5.41, 5.74) is 2.59. The average molecular weight is 469 g/mol. The molecule has 0 saturated heterocycles. The molecule has 1 unspecified atom stereocenters. The van der Waals surface area contributed by atoms with E-state index in [-0.39, 0.29) is 17.7 Å². The summed E-state index contributed by atoms with van der Waals surface area (Å²) in [4.78, 5) is 41.8. The third-order valence-corrected chi connectivity index (χ3v) is 6.07. The predicted molar refractivity (Wildman–Crippen MR) is 130 cm³/mol. The summed E-state index contributed by atoms with van der Waals surface area (Å²) in [6.45, 7) is 0. The molecule has 1 atom stereocenters. The third kappa shape index (κ3) is 6.18.